The Morgan fingerprint density at radius 3 is 2.85 bits per heavy atom. The predicted molar refractivity (Wildman–Crippen MR) is 75.7 cm³/mol. The van der Waals surface area contributed by atoms with Crippen molar-refractivity contribution in [1.29, 1.82) is 0 Å². The Kier molecular flexibility index (Phi) is 3.33. The fourth-order valence-corrected chi connectivity index (χ4v) is 2.53. The van der Waals surface area contributed by atoms with Crippen molar-refractivity contribution >= 4 is 17.8 Å². The maximum Gasteiger partial charge on any atom is 0.433 e. The third-order valence-corrected chi connectivity index (χ3v) is 3.49. The van der Waals surface area contributed by atoms with Gasteiger partial charge in [0.2, 0.25) is 0 Å². The smallest absolute Gasteiger partial charge is 0.400 e. The first kappa shape index (κ1) is 12.6. The minimum Gasteiger partial charge on any atom is -0.400 e. The lowest BCUT2D eigenvalue weighted by Crippen LogP contribution is -2.02. The summed E-state index contributed by atoms with van der Waals surface area (Å²) in [6, 6.07) is 9.00. The Morgan fingerprint density at radius 2 is 2.05 bits per heavy atom. The van der Waals surface area contributed by atoms with E-state index in [1.54, 1.807) is 6.07 Å². The van der Waals surface area contributed by atoms with Gasteiger partial charge in [-0.3, -0.25) is 15.1 Å². The van der Waals surface area contributed by atoms with Crippen LogP contribution in [0.2, 0.25) is 0 Å². The van der Waals surface area contributed by atoms with Gasteiger partial charge in [0.1, 0.15) is 4.92 Å². The zero-order valence-corrected chi connectivity index (χ0v) is 10.9. The second-order valence-electron chi connectivity index (χ2n) is 4.81. The molecule has 3 rings (SSSR count). The quantitative estimate of drug-likeness (QED) is 0.483. The van der Waals surface area contributed by atoms with Crippen LogP contribution in [-0.2, 0) is 12.8 Å². The van der Waals surface area contributed by atoms with Gasteiger partial charge in [0.15, 0.2) is 5.76 Å². The molecule has 20 heavy (non-hydrogen) atoms. The first-order valence-corrected chi connectivity index (χ1v) is 6.63. The summed E-state index contributed by atoms with van der Waals surface area (Å²) in [6.45, 7) is 0. The summed E-state index contributed by atoms with van der Waals surface area (Å²) in [6.07, 6.45) is 6.10. The highest BCUT2D eigenvalue weighted by molar-refractivity contribution is 5.79. The van der Waals surface area contributed by atoms with E-state index in [9.17, 15) is 10.1 Å². The average molecular weight is 270 g/mol. The van der Waals surface area contributed by atoms with Gasteiger partial charge in [0.25, 0.3) is 0 Å². The van der Waals surface area contributed by atoms with E-state index >= 15 is 0 Å². The minimum absolute atomic E-state index is 0.262. The number of furan rings is 1. The molecule has 102 valence electrons. The summed E-state index contributed by atoms with van der Waals surface area (Å²) >= 11 is 0. The molecule has 0 unspecified atom stereocenters. The van der Waals surface area contributed by atoms with Crippen LogP contribution < -0.4 is 0 Å². The SMILES string of the molecule is O=[N+]([O-])c1ccc(C=Nc2cccc3c2CCCC3)o1. The van der Waals surface area contributed by atoms with E-state index in [1.807, 2.05) is 12.1 Å². The van der Waals surface area contributed by atoms with Crippen LogP contribution in [0.1, 0.15) is 29.7 Å². The Morgan fingerprint density at radius 1 is 1.20 bits per heavy atom. The number of nitrogens with zero attached hydrogens (tertiary/aromatic N) is 2. The summed E-state index contributed by atoms with van der Waals surface area (Å²) < 4.78 is 5.06. The van der Waals surface area contributed by atoms with Crippen LogP contribution in [0.3, 0.4) is 0 Å². The highest BCUT2D eigenvalue weighted by atomic mass is 16.6. The van der Waals surface area contributed by atoms with Crippen LogP contribution in [0, 0.1) is 10.1 Å². The van der Waals surface area contributed by atoms with Crippen molar-refractivity contribution in [2.45, 2.75) is 25.7 Å². The fourth-order valence-electron chi connectivity index (χ4n) is 2.53. The highest BCUT2D eigenvalue weighted by Crippen LogP contribution is 2.29. The molecule has 0 radical (unpaired) electrons. The van der Waals surface area contributed by atoms with E-state index in [0.29, 0.717) is 5.76 Å². The summed E-state index contributed by atoms with van der Waals surface area (Å²) in [5.74, 6) is 0.131. The van der Waals surface area contributed by atoms with Crippen LogP contribution in [0.15, 0.2) is 39.7 Å². The number of rotatable bonds is 3. The van der Waals surface area contributed by atoms with Crippen molar-refractivity contribution < 1.29 is 9.34 Å². The molecular weight excluding hydrogens is 256 g/mol. The summed E-state index contributed by atoms with van der Waals surface area (Å²) in [5, 5.41) is 10.5. The number of hydrogen-bond acceptors (Lipinski definition) is 4. The monoisotopic (exact) mass is 270 g/mol. The van der Waals surface area contributed by atoms with Crippen molar-refractivity contribution in [2.75, 3.05) is 0 Å². The van der Waals surface area contributed by atoms with Gasteiger partial charge in [-0.05, 0) is 48.9 Å². The van der Waals surface area contributed by atoms with Gasteiger partial charge < -0.3 is 4.42 Å². The van der Waals surface area contributed by atoms with Crippen molar-refractivity contribution in [3.63, 3.8) is 0 Å². The van der Waals surface area contributed by atoms with Gasteiger partial charge in [0, 0.05) is 0 Å². The summed E-state index contributed by atoms with van der Waals surface area (Å²) in [4.78, 5) is 14.4. The number of hydrogen-bond donors (Lipinski definition) is 0. The molecule has 5 nitrogen and oxygen atoms in total. The van der Waals surface area contributed by atoms with Crippen LogP contribution in [-0.4, -0.2) is 11.1 Å². The van der Waals surface area contributed by atoms with Crippen molar-refractivity contribution in [1.82, 2.24) is 0 Å². The Labute approximate surface area is 116 Å². The Bertz CT molecular complexity index is 674. The Hall–Kier alpha value is -2.43. The van der Waals surface area contributed by atoms with Crippen LogP contribution in [0.5, 0.6) is 0 Å². The van der Waals surface area contributed by atoms with Gasteiger partial charge in [-0.15, -0.1) is 0 Å². The predicted octanol–water partition coefficient (Wildman–Crippen LogP) is 3.82. The van der Waals surface area contributed by atoms with Crippen molar-refractivity contribution in [3.8, 4) is 0 Å². The normalized spacial score (nSPS) is 14.4. The van der Waals surface area contributed by atoms with Gasteiger partial charge >= 0.3 is 5.88 Å². The Balaban J connectivity index is 1.86. The van der Waals surface area contributed by atoms with Crippen LogP contribution in [0.25, 0.3) is 0 Å². The zero-order chi connectivity index (χ0) is 13.9. The number of aliphatic imine (C=N–C) groups is 1. The van der Waals surface area contributed by atoms with E-state index < -0.39 is 4.92 Å². The summed E-state index contributed by atoms with van der Waals surface area (Å²) in [7, 11) is 0. The maximum absolute atomic E-state index is 10.5. The molecule has 0 N–H and O–H groups in total. The molecule has 1 aliphatic carbocycles. The van der Waals surface area contributed by atoms with Gasteiger partial charge in [-0.2, -0.15) is 0 Å². The third-order valence-electron chi connectivity index (χ3n) is 3.49. The van der Waals surface area contributed by atoms with Crippen molar-refractivity contribution in [3.05, 3.63) is 57.3 Å². The topological polar surface area (TPSA) is 68.6 Å². The van der Waals surface area contributed by atoms with E-state index in [1.165, 1.54) is 36.2 Å². The molecule has 0 atom stereocenters. The van der Waals surface area contributed by atoms with Gasteiger partial charge in [0.05, 0.1) is 18.0 Å². The standard InChI is InChI=1S/C15H14N2O3/c18-17(19)15-9-8-12(20-15)10-16-14-7-3-5-11-4-1-2-6-13(11)14/h3,5,7-10H,1-2,4,6H2. The molecule has 0 bridgehead atoms. The number of fused-ring (bicyclic) bond motifs is 1. The molecule has 5 heteroatoms. The highest BCUT2D eigenvalue weighted by Gasteiger charge is 2.13. The molecular formula is C15H14N2O3. The van der Waals surface area contributed by atoms with Gasteiger partial charge in [-0.25, -0.2) is 0 Å². The van der Waals surface area contributed by atoms with E-state index in [-0.39, 0.29) is 5.88 Å². The molecule has 0 saturated heterocycles. The lowest BCUT2D eigenvalue weighted by atomic mass is 9.90. The van der Waals surface area contributed by atoms with E-state index in [2.05, 4.69) is 11.1 Å². The number of benzene rings is 1. The third kappa shape index (κ3) is 2.47. The molecule has 1 aromatic carbocycles. The number of nitro groups is 1. The van der Waals surface area contributed by atoms with Crippen molar-refractivity contribution in [2.24, 2.45) is 4.99 Å². The minimum atomic E-state index is -0.554. The molecule has 1 aromatic heterocycles. The first-order chi connectivity index (χ1) is 9.74. The second kappa shape index (κ2) is 5.28. The lowest BCUT2D eigenvalue weighted by Gasteiger charge is -2.16. The number of aryl methyl sites for hydroxylation is 1. The zero-order valence-electron chi connectivity index (χ0n) is 10.9. The molecule has 1 aliphatic rings. The van der Waals surface area contributed by atoms with Crippen LogP contribution >= 0.6 is 0 Å². The molecule has 0 amide bonds. The fraction of sp³-hybridized carbons (Fsp3) is 0.267. The first-order valence-electron chi connectivity index (χ1n) is 6.63. The average Bonchev–Trinajstić information content (AvgIpc) is 2.94. The molecule has 0 fully saturated rings. The molecule has 1 heterocycles. The molecule has 2 aromatic rings. The molecule has 0 spiro atoms. The van der Waals surface area contributed by atoms with E-state index in [4.69, 9.17) is 4.42 Å². The van der Waals surface area contributed by atoms with Crippen LogP contribution in [0.4, 0.5) is 11.6 Å². The maximum atomic E-state index is 10.5. The molecule has 0 saturated carbocycles. The second-order valence-corrected chi connectivity index (χ2v) is 4.81. The lowest BCUT2D eigenvalue weighted by molar-refractivity contribution is -0.402. The molecule has 0 aliphatic heterocycles. The van der Waals surface area contributed by atoms with Gasteiger partial charge in [-0.1, -0.05) is 12.1 Å². The largest absolute Gasteiger partial charge is 0.433 e. The summed E-state index contributed by atoms with van der Waals surface area (Å²) in [5.41, 5.74) is 3.58. The van der Waals surface area contributed by atoms with E-state index in [0.717, 1.165) is 18.5 Å².